The minimum absolute atomic E-state index is 0.316. The van der Waals surface area contributed by atoms with Crippen molar-refractivity contribution in [2.24, 2.45) is 11.8 Å². The molecule has 0 spiro atoms. The summed E-state index contributed by atoms with van der Waals surface area (Å²) >= 11 is 0. The first kappa shape index (κ1) is 17.4. The average molecular weight is 357 g/mol. The van der Waals surface area contributed by atoms with E-state index in [2.05, 4.69) is 40.4 Å². The van der Waals surface area contributed by atoms with Gasteiger partial charge in [0.05, 0.1) is 18.6 Å². The lowest BCUT2D eigenvalue weighted by Crippen LogP contribution is -2.30. The van der Waals surface area contributed by atoms with E-state index in [1.165, 1.54) is 11.3 Å². The van der Waals surface area contributed by atoms with Crippen LogP contribution in [-0.2, 0) is 24.4 Å². The van der Waals surface area contributed by atoms with Crippen LogP contribution in [0.2, 0.25) is 0 Å². The van der Waals surface area contributed by atoms with Gasteiger partial charge in [-0.05, 0) is 23.6 Å². The number of hydrogen-bond acceptors (Lipinski definition) is 5. The van der Waals surface area contributed by atoms with E-state index in [1.54, 1.807) is 0 Å². The molecular formula is C20H27N3O3. The van der Waals surface area contributed by atoms with Gasteiger partial charge in [0.25, 0.3) is 0 Å². The molecule has 0 fully saturated rings. The van der Waals surface area contributed by atoms with Gasteiger partial charge in [0.1, 0.15) is 0 Å². The summed E-state index contributed by atoms with van der Waals surface area (Å²) in [6.45, 7) is 10.0. The quantitative estimate of drug-likeness (QED) is 0.796. The minimum atomic E-state index is 0.316. The van der Waals surface area contributed by atoms with Crippen LogP contribution in [-0.4, -0.2) is 41.0 Å². The van der Waals surface area contributed by atoms with Gasteiger partial charge in [0, 0.05) is 44.9 Å². The normalized spacial score (nSPS) is 19.6. The summed E-state index contributed by atoms with van der Waals surface area (Å²) in [6.07, 6.45) is 3.92. The second kappa shape index (κ2) is 7.68. The van der Waals surface area contributed by atoms with Crippen molar-refractivity contribution < 1.29 is 14.2 Å². The van der Waals surface area contributed by atoms with Crippen molar-refractivity contribution in [2.75, 3.05) is 26.6 Å². The van der Waals surface area contributed by atoms with Crippen molar-refractivity contribution in [3.05, 3.63) is 42.0 Å². The molecule has 4 rings (SSSR count). The van der Waals surface area contributed by atoms with E-state index in [0.29, 0.717) is 18.6 Å². The number of fused-ring (bicyclic) bond motifs is 2. The van der Waals surface area contributed by atoms with Gasteiger partial charge < -0.3 is 18.8 Å². The van der Waals surface area contributed by atoms with Crippen LogP contribution in [0.5, 0.6) is 11.5 Å². The number of rotatable bonds is 6. The maximum Gasteiger partial charge on any atom is 0.231 e. The zero-order valence-electron chi connectivity index (χ0n) is 15.6. The van der Waals surface area contributed by atoms with Crippen LogP contribution in [0.4, 0.5) is 0 Å². The third-order valence-corrected chi connectivity index (χ3v) is 4.80. The highest BCUT2D eigenvalue weighted by Gasteiger charge is 2.23. The molecule has 2 aliphatic heterocycles. The van der Waals surface area contributed by atoms with E-state index in [9.17, 15) is 0 Å². The molecule has 1 aromatic heterocycles. The van der Waals surface area contributed by atoms with Crippen molar-refractivity contribution in [1.29, 1.82) is 0 Å². The Morgan fingerprint density at radius 3 is 3.00 bits per heavy atom. The molecule has 140 valence electrons. The van der Waals surface area contributed by atoms with Crippen LogP contribution in [0.15, 0.2) is 30.7 Å². The van der Waals surface area contributed by atoms with E-state index in [0.717, 1.165) is 50.9 Å². The molecule has 26 heavy (non-hydrogen) atoms. The van der Waals surface area contributed by atoms with Crippen molar-refractivity contribution in [2.45, 2.75) is 33.5 Å². The first-order chi connectivity index (χ1) is 12.7. The highest BCUT2D eigenvalue weighted by Crippen LogP contribution is 2.33. The Hall–Kier alpha value is -2.05. The van der Waals surface area contributed by atoms with Crippen LogP contribution in [0.1, 0.15) is 25.1 Å². The third kappa shape index (κ3) is 4.02. The molecule has 1 aromatic carbocycles. The summed E-state index contributed by atoms with van der Waals surface area (Å²) < 4.78 is 19.1. The Bertz CT molecular complexity index is 744. The van der Waals surface area contributed by atoms with Crippen molar-refractivity contribution in [3.63, 3.8) is 0 Å². The van der Waals surface area contributed by atoms with E-state index >= 15 is 0 Å². The Kier molecular flexibility index (Phi) is 5.13. The summed E-state index contributed by atoms with van der Waals surface area (Å²) in [5.74, 6) is 2.70. The van der Waals surface area contributed by atoms with Gasteiger partial charge in [0.2, 0.25) is 6.79 Å². The summed E-state index contributed by atoms with van der Waals surface area (Å²) in [5.41, 5.74) is 2.50. The van der Waals surface area contributed by atoms with Crippen molar-refractivity contribution in [1.82, 2.24) is 14.5 Å². The van der Waals surface area contributed by atoms with E-state index in [1.807, 2.05) is 18.6 Å². The monoisotopic (exact) mass is 357 g/mol. The smallest absolute Gasteiger partial charge is 0.231 e. The predicted octanol–water partition coefficient (Wildman–Crippen LogP) is 2.92. The number of nitrogens with zero attached hydrogens (tertiary/aromatic N) is 3. The Morgan fingerprint density at radius 2 is 2.12 bits per heavy atom. The van der Waals surface area contributed by atoms with Crippen molar-refractivity contribution >= 4 is 0 Å². The second-order valence-electron chi connectivity index (χ2n) is 7.69. The molecule has 0 saturated heterocycles. The number of hydrogen-bond donors (Lipinski definition) is 0. The molecule has 0 radical (unpaired) electrons. The average Bonchev–Trinajstić information content (AvgIpc) is 3.20. The molecule has 3 heterocycles. The summed E-state index contributed by atoms with van der Waals surface area (Å²) in [6, 6.07) is 6.22. The summed E-state index contributed by atoms with van der Waals surface area (Å²) in [5, 5.41) is 0. The maximum absolute atomic E-state index is 5.94. The Balaban J connectivity index is 1.45. The van der Waals surface area contributed by atoms with Gasteiger partial charge in [-0.25, -0.2) is 4.98 Å². The lowest BCUT2D eigenvalue weighted by atomic mass is 10.1. The summed E-state index contributed by atoms with van der Waals surface area (Å²) in [7, 11) is 0. The molecule has 6 heteroatoms. The first-order valence-electron chi connectivity index (χ1n) is 9.35. The second-order valence-corrected chi connectivity index (χ2v) is 7.69. The molecule has 0 amide bonds. The number of aromatic nitrogens is 2. The minimum Gasteiger partial charge on any atom is -0.454 e. The maximum atomic E-state index is 5.94. The van der Waals surface area contributed by atoms with Gasteiger partial charge in [-0.2, -0.15) is 0 Å². The standard InChI is InChI=1S/C20H27N3O3/c1-15(2)11-24-12-17-8-22(10-18-6-21-13-23(18)9-17)7-16-3-4-19-20(5-16)26-14-25-19/h3-6,13,15,17H,7-12,14H2,1-2H3/t17-/m1/s1. The third-order valence-electron chi connectivity index (χ3n) is 4.80. The van der Waals surface area contributed by atoms with Gasteiger partial charge in [-0.15, -0.1) is 0 Å². The first-order valence-corrected chi connectivity index (χ1v) is 9.35. The molecule has 0 unspecified atom stereocenters. The Morgan fingerprint density at radius 1 is 1.23 bits per heavy atom. The van der Waals surface area contributed by atoms with Gasteiger partial charge in [-0.1, -0.05) is 19.9 Å². The fraction of sp³-hybridized carbons (Fsp3) is 0.550. The largest absolute Gasteiger partial charge is 0.454 e. The van der Waals surface area contributed by atoms with Gasteiger partial charge in [0.15, 0.2) is 11.5 Å². The van der Waals surface area contributed by atoms with E-state index in [4.69, 9.17) is 14.2 Å². The number of ether oxygens (including phenoxy) is 3. The van der Waals surface area contributed by atoms with E-state index in [-0.39, 0.29) is 0 Å². The SMILES string of the molecule is CC(C)COC[C@@H]1CN(Cc2ccc3c(c2)OCO3)Cc2cncn2C1. The number of benzene rings is 1. The van der Waals surface area contributed by atoms with Gasteiger partial charge in [-0.3, -0.25) is 4.90 Å². The van der Waals surface area contributed by atoms with Crippen LogP contribution < -0.4 is 9.47 Å². The molecule has 0 aliphatic carbocycles. The topological polar surface area (TPSA) is 48.8 Å². The lowest BCUT2D eigenvalue weighted by molar-refractivity contribution is 0.0613. The molecule has 0 N–H and O–H groups in total. The van der Waals surface area contributed by atoms with Crippen LogP contribution in [0.3, 0.4) is 0 Å². The molecule has 0 bridgehead atoms. The van der Waals surface area contributed by atoms with Crippen molar-refractivity contribution in [3.8, 4) is 11.5 Å². The fourth-order valence-corrected chi connectivity index (χ4v) is 3.63. The fourth-order valence-electron chi connectivity index (χ4n) is 3.63. The highest BCUT2D eigenvalue weighted by molar-refractivity contribution is 5.44. The number of imidazole rings is 1. The Labute approximate surface area is 154 Å². The molecule has 2 aromatic rings. The van der Waals surface area contributed by atoms with E-state index < -0.39 is 0 Å². The summed E-state index contributed by atoms with van der Waals surface area (Å²) in [4.78, 5) is 6.81. The molecule has 0 saturated carbocycles. The zero-order chi connectivity index (χ0) is 17.9. The highest BCUT2D eigenvalue weighted by atomic mass is 16.7. The van der Waals surface area contributed by atoms with Crippen LogP contribution >= 0.6 is 0 Å². The van der Waals surface area contributed by atoms with Crippen LogP contribution in [0.25, 0.3) is 0 Å². The molecule has 2 aliphatic rings. The molecule has 6 nitrogen and oxygen atoms in total. The van der Waals surface area contributed by atoms with Crippen LogP contribution in [0, 0.1) is 11.8 Å². The predicted molar refractivity (Wildman–Crippen MR) is 98.1 cm³/mol. The molecular weight excluding hydrogens is 330 g/mol. The molecule has 1 atom stereocenters. The van der Waals surface area contributed by atoms with Gasteiger partial charge >= 0.3 is 0 Å². The zero-order valence-corrected chi connectivity index (χ0v) is 15.6. The lowest BCUT2D eigenvalue weighted by Gasteiger charge is -2.24.